The molecule has 0 unspecified atom stereocenters. The molecule has 5 N–H and O–H groups in total. The van der Waals surface area contributed by atoms with Crippen LogP contribution in [-0.4, -0.2) is 54.6 Å². The van der Waals surface area contributed by atoms with Gasteiger partial charge in [-0.2, -0.15) is 0 Å². The van der Waals surface area contributed by atoms with Crippen LogP contribution in [0.25, 0.3) is 46.4 Å². The van der Waals surface area contributed by atoms with Crippen molar-refractivity contribution in [2.24, 2.45) is 0 Å². The van der Waals surface area contributed by atoms with E-state index in [2.05, 4.69) is 44.2 Å². The maximum Gasteiger partial charge on any atom is 0.100 e. The summed E-state index contributed by atoms with van der Waals surface area (Å²) in [4.78, 5) is 16.0. The first-order valence-electron chi connectivity index (χ1n) is 9.55. The SMILES string of the molecule is C1=Cc2cc3ccc(cc4nc(cc5ccc(cc1n2)[nH]5)C=C4)[nH]3.OCC(O)CO.[Co]. The monoisotopic (exact) mass is 461 g/mol. The zero-order valence-corrected chi connectivity index (χ0v) is 17.5. The van der Waals surface area contributed by atoms with Gasteiger partial charge in [0.25, 0.3) is 0 Å². The summed E-state index contributed by atoms with van der Waals surface area (Å²) < 4.78 is 0. The van der Waals surface area contributed by atoms with E-state index in [1.54, 1.807) is 0 Å². The molecule has 8 bridgehead atoms. The summed E-state index contributed by atoms with van der Waals surface area (Å²) in [5, 5.41) is 24.0. The van der Waals surface area contributed by atoms with Crippen LogP contribution in [-0.2, 0) is 16.8 Å². The Balaban J connectivity index is 0.000000346. The second-order valence-corrected chi connectivity index (χ2v) is 6.92. The second-order valence-electron chi connectivity index (χ2n) is 6.92. The first-order chi connectivity index (χ1) is 14.6. The van der Waals surface area contributed by atoms with Crippen molar-refractivity contribution in [2.45, 2.75) is 6.10 Å². The Bertz CT molecular complexity index is 1080. The third-order valence-electron chi connectivity index (χ3n) is 4.46. The summed E-state index contributed by atoms with van der Waals surface area (Å²) in [6.45, 7) is -0.729. The Morgan fingerprint density at radius 1 is 0.613 bits per heavy atom. The summed E-state index contributed by atoms with van der Waals surface area (Å²) >= 11 is 0. The minimum Gasteiger partial charge on any atom is -0.394 e. The second kappa shape index (κ2) is 10.3. The van der Waals surface area contributed by atoms with E-state index in [0.29, 0.717) is 0 Å². The summed E-state index contributed by atoms with van der Waals surface area (Å²) in [7, 11) is 0. The van der Waals surface area contributed by atoms with E-state index in [-0.39, 0.29) is 30.0 Å². The number of aliphatic hydroxyl groups excluding tert-OH is 3. The molecular formula is C23H22CoN4O3. The van der Waals surface area contributed by atoms with Gasteiger partial charge in [-0.1, -0.05) is 0 Å². The fourth-order valence-electron chi connectivity index (χ4n) is 3.00. The third-order valence-corrected chi connectivity index (χ3v) is 4.46. The van der Waals surface area contributed by atoms with Crippen molar-refractivity contribution in [3.05, 3.63) is 71.3 Å². The molecule has 0 atom stereocenters. The zero-order valence-electron chi connectivity index (χ0n) is 16.5. The Kier molecular flexibility index (Phi) is 7.56. The van der Waals surface area contributed by atoms with Crippen LogP contribution in [0.1, 0.15) is 22.8 Å². The van der Waals surface area contributed by atoms with Gasteiger partial charge in [0.05, 0.1) is 36.0 Å². The maximum atomic E-state index is 8.17. The van der Waals surface area contributed by atoms with Gasteiger partial charge in [0.1, 0.15) is 6.10 Å². The molecule has 0 spiro atoms. The van der Waals surface area contributed by atoms with Crippen molar-refractivity contribution >= 4 is 46.4 Å². The summed E-state index contributed by atoms with van der Waals surface area (Å²) in [5.74, 6) is 0. The van der Waals surface area contributed by atoms with E-state index in [0.717, 1.165) is 44.8 Å². The smallest absolute Gasteiger partial charge is 0.100 e. The first kappa shape index (κ1) is 22.7. The van der Waals surface area contributed by atoms with Crippen molar-refractivity contribution in [2.75, 3.05) is 13.2 Å². The zero-order chi connectivity index (χ0) is 20.9. The fourth-order valence-corrected chi connectivity index (χ4v) is 3.00. The molecule has 161 valence electrons. The van der Waals surface area contributed by atoms with Gasteiger partial charge in [0.15, 0.2) is 0 Å². The topological polar surface area (TPSA) is 118 Å². The molecule has 0 saturated heterocycles. The molecule has 0 amide bonds. The van der Waals surface area contributed by atoms with Gasteiger partial charge in [-0.25, -0.2) is 9.97 Å². The molecule has 8 heteroatoms. The maximum absolute atomic E-state index is 8.17. The number of aliphatic hydroxyl groups is 3. The number of aromatic nitrogens is 4. The predicted molar refractivity (Wildman–Crippen MR) is 119 cm³/mol. The number of aromatic amines is 2. The molecule has 5 rings (SSSR count). The van der Waals surface area contributed by atoms with Crippen LogP contribution in [0.15, 0.2) is 48.5 Å². The predicted octanol–water partition coefficient (Wildman–Crippen LogP) is 2.99. The van der Waals surface area contributed by atoms with Gasteiger partial charge in [-0.05, 0) is 72.8 Å². The van der Waals surface area contributed by atoms with Crippen LogP contribution in [0.5, 0.6) is 0 Å². The van der Waals surface area contributed by atoms with E-state index in [4.69, 9.17) is 15.3 Å². The minimum atomic E-state index is -0.954. The molecule has 0 saturated carbocycles. The summed E-state index contributed by atoms with van der Waals surface area (Å²) in [5.41, 5.74) is 7.86. The standard InChI is InChI=1S/C20H14N4.C3H8O3.Co/c1-2-14-10-16-5-6-18(23-16)12-20-8-7-19(24-20)11-17-4-3-15(22-17)9-13(1)21-14;4-1-3(6)2-5;/h1-12,21,24H;3-6H,1-2H2;. The number of hydrogen-bond donors (Lipinski definition) is 5. The van der Waals surface area contributed by atoms with E-state index in [9.17, 15) is 0 Å². The first-order valence-corrected chi connectivity index (χ1v) is 9.55. The van der Waals surface area contributed by atoms with Crippen LogP contribution < -0.4 is 0 Å². The molecule has 7 nitrogen and oxygen atoms in total. The van der Waals surface area contributed by atoms with Gasteiger partial charge in [-0.3, -0.25) is 0 Å². The van der Waals surface area contributed by atoms with E-state index >= 15 is 0 Å². The largest absolute Gasteiger partial charge is 0.394 e. The third kappa shape index (κ3) is 6.00. The molecule has 0 aliphatic carbocycles. The van der Waals surface area contributed by atoms with Gasteiger partial charge in [-0.15, -0.1) is 0 Å². The number of rotatable bonds is 2. The van der Waals surface area contributed by atoms with E-state index < -0.39 is 6.10 Å². The Morgan fingerprint density at radius 3 is 1.13 bits per heavy atom. The molecule has 5 heterocycles. The Hall–Kier alpha value is -3.01. The Labute approximate surface area is 189 Å². The van der Waals surface area contributed by atoms with Crippen molar-refractivity contribution in [3.8, 4) is 0 Å². The van der Waals surface area contributed by atoms with Crippen molar-refractivity contribution in [1.29, 1.82) is 0 Å². The van der Waals surface area contributed by atoms with E-state index in [1.165, 1.54) is 0 Å². The van der Waals surface area contributed by atoms with Crippen LogP contribution >= 0.6 is 0 Å². The van der Waals surface area contributed by atoms with E-state index in [1.807, 2.05) is 48.6 Å². The number of nitrogens with zero attached hydrogens (tertiary/aromatic N) is 2. The minimum absolute atomic E-state index is 0. The molecule has 0 aromatic carbocycles. The van der Waals surface area contributed by atoms with Gasteiger partial charge < -0.3 is 25.3 Å². The molecule has 0 fully saturated rings. The molecule has 2 aliphatic heterocycles. The number of hydrogen-bond acceptors (Lipinski definition) is 5. The summed E-state index contributed by atoms with van der Waals surface area (Å²) in [6, 6.07) is 16.4. The molecule has 3 aromatic rings. The quantitative estimate of drug-likeness (QED) is 0.277. The van der Waals surface area contributed by atoms with Crippen LogP contribution in [0.2, 0.25) is 0 Å². The average Bonchev–Trinajstić information content (AvgIpc) is 3.53. The molecule has 1 radical (unpaired) electrons. The van der Waals surface area contributed by atoms with Crippen molar-refractivity contribution in [1.82, 2.24) is 19.9 Å². The fraction of sp³-hybridized carbons (Fsp3) is 0.130. The van der Waals surface area contributed by atoms with Crippen LogP contribution in [0.4, 0.5) is 0 Å². The summed E-state index contributed by atoms with van der Waals surface area (Å²) in [6.07, 6.45) is 7.14. The normalized spacial score (nSPS) is 11.7. The van der Waals surface area contributed by atoms with Gasteiger partial charge in [0, 0.05) is 38.8 Å². The number of fused-ring (bicyclic) bond motifs is 8. The Morgan fingerprint density at radius 2 is 0.903 bits per heavy atom. The molecule has 3 aromatic heterocycles. The van der Waals surface area contributed by atoms with Crippen LogP contribution in [0.3, 0.4) is 0 Å². The molecule has 31 heavy (non-hydrogen) atoms. The van der Waals surface area contributed by atoms with Crippen molar-refractivity contribution in [3.63, 3.8) is 0 Å². The van der Waals surface area contributed by atoms with Crippen molar-refractivity contribution < 1.29 is 32.1 Å². The molecule has 2 aliphatic rings. The number of H-pyrrole nitrogens is 2. The van der Waals surface area contributed by atoms with Gasteiger partial charge in [0.2, 0.25) is 0 Å². The van der Waals surface area contributed by atoms with Gasteiger partial charge >= 0.3 is 0 Å². The number of nitrogens with one attached hydrogen (secondary N) is 2. The van der Waals surface area contributed by atoms with Crippen LogP contribution in [0, 0.1) is 0 Å². The average molecular weight is 461 g/mol. The molecular weight excluding hydrogens is 439 g/mol.